The predicted octanol–water partition coefficient (Wildman–Crippen LogP) is 4.97. The lowest BCUT2D eigenvalue weighted by Crippen LogP contribution is -1.84. The molecule has 3 N–H and O–H groups in total. The first-order chi connectivity index (χ1) is 10.8. The van der Waals surface area contributed by atoms with Gasteiger partial charge < -0.3 is 10.8 Å². The zero-order chi connectivity index (χ0) is 15.4. The predicted molar refractivity (Wildman–Crippen MR) is 94.0 cm³/mol. The zero-order valence-corrected chi connectivity index (χ0v) is 12.1. The van der Waals surface area contributed by atoms with Gasteiger partial charge in [-0.2, -0.15) is 0 Å². The van der Waals surface area contributed by atoms with Crippen LogP contribution in [0.15, 0.2) is 84.9 Å². The second-order valence-corrected chi connectivity index (χ2v) is 5.07. The van der Waals surface area contributed by atoms with Crippen molar-refractivity contribution in [2.24, 2.45) is 0 Å². The molecule has 0 saturated heterocycles. The third-order valence-electron chi connectivity index (χ3n) is 3.59. The first-order valence-corrected chi connectivity index (χ1v) is 7.16. The summed E-state index contributed by atoms with van der Waals surface area (Å²) in [5.74, 6) is 0.350. The molecule has 0 atom stereocenters. The maximum Gasteiger partial charge on any atom is 0.123 e. The highest BCUT2D eigenvalue weighted by molar-refractivity contribution is 5.92. The molecule has 0 unspecified atom stereocenters. The van der Waals surface area contributed by atoms with E-state index in [2.05, 4.69) is 12.1 Å². The molecular formula is C20H17NO. The summed E-state index contributed by atoms with van der Waals surface area (Å²) in [5, 5.41) is 13.7. The molecule has 0 aliphatic heterocycles. The van der Waals surface area contributed by atoms with Crippen molar-refractivity contribution in [3.63, 3.8) is 0 Å². The van der Waals surface area contributed by atoms with Crippen LogP contribution in [0.5, 0.6) is 5.75 Å². The summed E-state index contributed by atoms with van der Waals surface area (Å²) in [5.41, 5.74) is 6.61. The lowest BCUT2D eigenvalue weighted by Gasteiger charge is -1.98. The second-order valence-electron chi connectivity index (χ2n) is 5.07. The van der Waals surface area contributed by atoms with Gasteiger partial charge in [-0.25, -0.2) is 0 Å². The van der Waals surface area contributed by atoms with Crippen molar-refractivity contribution in [3.05, 3.63) is 84.9 Å². The molecule has 0 amide bonds. The molecule has 0 aliphatic rings. The molecule has 4 rings (SSSR count). The van der Waals surface area contributed by atoms with Crippen LogP contribution in [0.3, 0.4) is 0 Å². The third-order valence-corrected chi connectivity index (χ3v) is 3.59. The monoisotopic (exact) mass is 287 g/mol. The lowest BCUT2D eigenvalue weighted by atomic mass is 10.1. The van der Waals surface area contributed by atoms with Crippen LogP contribution in [-0.2, 0) is 0 Å². The number of anilines is 1. The van der Waals surface area contributed by atoms with Gasteiger partial charge in [-0.05, 0) is 22.9 Å². The fourth-order valence-electron chi connectivity index (χ4n) is 2.46. The van der Waals surface area contributed by atoms with Gasteiger partial charge in [0.1, 0.15) is 5.75 Å². The Morgan fingerprint density at radius 2 is 1.05 bits per heavy atom. The van der Waals surface area contributed by atoms with Crippen molar-refractivity contribution in [1.82, 2.24) is 0 Å². The average Bonchev–Trinajstić information content (AvgIpc) is 2.57. The number of phenolic OH excluding ortho intramolecular Hbond substituents is 1. The fourth-order valence-corrected chi connectivity index (χ4v) is 2.46. The van der Waals surface area contributed by atoms with Crippen LogP contribution < -0.4 is 5.73 Å². The topological polar surface area (TPSA) is 46.2 Å². The molecule has 4 aromatic rings. The largest absolute Gasteiger partial charge is 0.507 e. The number of benzene rings is 4. The van der Waals surface area contributed by atoms with Crippen molar-refractivity contribution >= 4 is 27.2 Å². The molecule has 22 heavy (non-hydrogen) atoms. The van der Waals surface area contributed by atoms with Crippen LogP contribution >= 0.6 is 0 Å². The normalized spacial score (nSPS) is 10.2. The summed E-state index contributed by atoms with van der Waals surface area (Å²) < 4.78 is 0. The Kier molecular flexibility index (Phi) is 3.92. The Morgan fingerprint density at radius 3 is 1.68 bits per heavy atom. The van der Waals surface area contributed by atoms with Gasteiger partial charge >= 0.3 is 0 Å². The molecule has 0 saturated carbocycles. The van der Waals surface area contributed by atoms with Crippen LogP contribution in [0.2, 0.25) is 0 Å². The molecule has 2 heteroatoms. The summed E-state index contributed by atoms with van der Waals surface area (Å²) in [7, 11) is 0. The number of nitrogen functional groups attached to an aromatic ring is 1. The maximum atomic E-state index is 9.37. The number of aromatic hydroxyl groups is 1. The maximum absolute atomic E-state index is 9.37. The molecule has 0 fully saturated rings. The summed E-state index contributed by atoms with van der Waals surface area (Å²) in [6.45, 7) is 0. The smallest absolute Gasteiger partial charge is 0.123 e. The van der Waals surface area contributed by atoms with Gasteiger partial charge in [-0.1, -0.05) is 72.8 Å². The van der Waals surface area contributed by atoms with E-state index in [4.69, 9.17) is 5.73 Å². The second kappa shape index (κ2) is 6.19. The zero-order valence-electron chi connectivity index (χ0n) is 12.1. The minimum atomic E-state index is 0.350. The highest BCUT2D eigenvalue weighted by atomic mass is 16.3. The van der Waals surface area contributed by atoms with Crippen molar-refractivity contribution < 1.29 is 5.11 Å². The molecule has 0 aromatic heterocycles. The van der Waals surface area contributed by atoms with Crippen molar-refractivity contribution in [2.75, 3.05) is 5.73 Å². The minimum absolute atomic E-state index is 0.350. The van der Waals surface area contributed by atoms with Gasteiger partial charge in [0, 0.05) is 16.5 Å². The Labute approximate surface area is 129 Å². The Morgan fingerprint density at radius 1 is 0.545 bits per heavy atom. The van der Waals surface area contributed by atoms with Gasteiger partial charge in [-0.15, -0.1) is 0 Å². The van der Waals surface area contributed by atoms with Crippen LogP contribution in [0, 0.1) is 0 Å². The molecule has 4 aromatic carbocycles. The number of nitrogens with two attached hydrogens (primary N) is 1. The SMILES string of the molecule is Nc1cccc2ccccc12.Oc1cccc2ccccc12. The molecule has 0 heterocycles. The Bertz CT molecular complexity index is 827. The van der Waals surface area contributed by atoms with E-state index in [0.717, 1.165) is 21.8 Å². The quantitative estimate of drug-likeness (QED) is 0.449. The van der Waals surface area contributed by atoms with E-state index in [-0.39, 0.29) is 0 Å². The van der Waals surface area contributed by atoms with E-state index in [1.165, 1.54) is 5.39 Å². The summed E-state index contributed by atoms with van der Waals surface area (Å²) in [4.78, 5) is 0. The van der Waals surface area contributed by atoms with Gasteiger partial charge in [0.05, 0.1) is 0 Å². The van der Waals surface area contributed by atoms with Gasteiger partial charge in [-0.3, -0.25) is 0 Å². The molecule has 0 radical (unpaired) electrons. The third kappa shape index (κ3) is 2.86. The van der Waals surface area contributed by atoms with Crippen LogP contribution in [-0.4, -0.2) is 5.11 Å². The standard InChI is InChI=1S/C10H9N.C10H8O/c2*11-10-7-3-5-8-4-1-2-6-9(8)10/h1-7H,11H2;1-7,11H. The molecule has 0 spiro atoms. The summed E-state index contributed by atoms with van der Waals surface area (Å²) in [6, 6.07) is 27.3. The lowest BCUT2D eigenvalue weighted by molar-refractivity contribution is 0.481. The highest BCUT2D eigenvalue weighted by Crippen LogP contribution is 2.23. The van der Waals surface area contributed by atoms with Crippen LogP contribution in [0.4, 0.5) is 5.69 Å². The summed E-state index contributed by atoms with van der Waals surface area (Å²) >= 11 is 0. The molecular weight excluding hydrogens is 270 g/mol. The number of hydrogen-bond acceptors (Lipinski definition) is 2. The first-order valence-electron chi connectivity index (χ1n) is 7.16. The average molecular weight is 287 g/mol. The Balaban J connectivity index is 0.000000131. The fraction of sp³-hybridized carbons (Fsp3) is 0. The van der Waals surface area contributed by atoms with Crippen molar-refractivity contribution in [1.29, 1.82) is 0 Å². The number of phenols is 1. The number of fused-ring (bicyclic) bond motifs is 2. The van der Waals surface area contributed by atoms with E-state index in [1.807, 2.05) is 66.7 Å². The van der Waals surface area contributed by atoms with E-state index < -0.39 is 0 Å². The minimum Gasteiger partial charge on any atom is -0.507 e. The molecule has 2 nitrogen and oxygen atoms in total. The molecule has 108 valence electrons. The highest BCUT2D eigenvalue weighted by Gasteiger charge is 1.94. The van der Waals surface area contributed by atoms with Gasteiger partial charge in [0.15, 0.2) is 0 Å². The van der Waals surface area contributed by atoms with E-state index in [9.17, 15) is 5.11 Å². The molecule has 0 bridgehead atoms. The van der Waals surface area contributed by atoms with Gasteiger partial charge in [0.25, 0.3) is 0 Å². The number of rotatable bonds is 0. The first kappa shape index (κ1) is 14.0. The van der Waals surface area contributed by atoms with Crippen LogP contribution in [0.1, 0.15) is 0 Å². The van der Waals surface area contributed by atoms with E-state index in [0.29, 0.717) is 5.75 Å². The van der Waals surface area contributed by atoms with Crippen molar-refractivity contribution in [3.8, 4) is 5.75 Å². The number of hydrogen-bond donors (Lipinski definition) is 2. The summed E-state index contributed by atoms with van der Waals surface area (Å²) in [6.07, 6.45) is 0. The van der Waals surface area contributed by atoms with Crippen LogP contribution in [0.25, 0.3) is 21.5 Å². The molecule has 0 aliphatic carbocycles. The Hall–Kier alpha value is -3.00. The van der Waals surface area contributed by atoms with E-state index in [1.54, 1.807) is 6.07 Å². The van der Waals surface area contributed by atoms with E-state index >= 15 is 0 Å². The van der Waals surface area contributed by atoms with Crippen molar-refractivity contribution in [2.45, 2.75) is 0 Å². The van der Waals surface area contributed by atoms with Gasteiger partial charge in [0.2, 0.25) is 0 Å².